The third-order valence-electron chi connectivity index (χ3n) is 4.70. The SMILES string of the molecule is CCn1ccc(C(=O)Nc2cccc(NC(=O)C3CC(c4cccc(Br)c4)=NO3)c2)n1. The fraction of sp³-hybridized carbons (Fsp3) is 0.182. The van der Waals surface area contributed by atoms with Crippen LogP contribution >= 0.6 is 15.9 Å². The van der Waals surface area contributed by atoms with Crippen LogP contribution in [-0.4, -0.2) is 33.4 Å². The van der Waals surface area contributed by atoms with E-state index in [4.69, 9.17) is 4.84 Å². The van der Waals surface area contributed by atoms with Gasteiger partial charge >= 0.3 is 0 Å². The summed E-state index contributed by atoms with van der Waals surface area (Å²) in [6.07, 6.45) is 1.40. The van der Waals surface area contributed by atoms with E-state index in [1.807, 2.05) is 31.2 Å². The molecule has 2 N–H and O–H groups in total. The molecule has 0 spiro atoms. The van der Waals surface area contributed by atoms with Crippen LogP contribution in [0.25, 0.3) is 0 Å². The molecule has 0 bridgehead atoms. The molecule has 2 aromatic carbocycles. The molecule has 2 heterocycles. The molecule has 0 aliphatic carbocycles. The molecule has 1 unspecified atom stereocenters. The minimum Gasteiger partial charge on any atom is -0.382 e. The molecule has 4 rings (SSSR count). The second-order valence-corrected chi connectivity index (χ2v) is 7.84. The lowest BCUT2D eigenvalue weighted by atomic mass is 10.0. The van der Waals surface area contributed by atoms with Crippen LogP contribution < -0.4 is 10.6 Å². The van der Waals surface area contributed by atoms with Gasteiger partial charge in [0.1, 0.15) is 0 Å². The van der Waals surface area contributed by atoms with Crippen LogP contribution in [0.1, 0.15) is 29.4 Å². The standard InChI is InChI=1S/C22H20BrN5O3/c1-2-28-10-9-18(26-28)21(29)24-16-7-4-8-17(12-16)25-22(30)20-13-19(27-31-20)14-5-3-6-15(23)11-14/h3-12,20H,2,13H2,1H3,(H,24,29)(H,25,30). The number of benzene rings is 2. The minimum atomic E-state index is -0.717. The molecule has 3 aromatic rings. The topological polar surface area (TPSA) is 97.6 Å². The normalized spacial score (nSPS) is 15.2. The van der Waals surface area contributed by atoms with E-state index in [1.165, 1.54) is 0 Å². The minimum absolute atomic E-state index is 0.307. The lowest BCUT2D eigenvalue weighted by molar-refractivity contribution is -0.125. The number of nitrogens with one attached hydrogen (secondary N) is 2. The van der Waals surface area contributed by atoms with E-state index in [0.717, 1.165) is 10.0 Å². The van der Waals surface area contributed by atoms with E-state index in [0.29, 0.717) is 35.7 Å². The predicted octanol–water partition coefficient (Wildman–Crippen LogP) is 4.05. The second-order valence-electron chi connectivity index (χ2n) is 6.93. The van der Waals surface area contributed by atoms with Gasteiger partial charge in [0.2, 0.25) is 6.10 Å². The average Bonchev–Trinajstić information content (AvgIpc) is 3.44. The molecule has 1 atom stereocenters. The van der Waals surface area contributed by atoms with Gasteiger partial charge in [-0.05, 0) is 43.3 Å². The number of nitrogens with zero attached hydrogens (tertiary/aromatic N) is 3. The van der Waals surface area contributed by atoms with E-state index in [9.17, 15) is 9.59 Å². The van der Waals surface area contributed by atoms with E-state index < -0.39 is 6.10 Å². The number of carbonyl (C=O) groups excluding carboxylic acids is 2. The maximum Gasteiger partial charge on any atom is 0.276 e. The zero-order valence-corrected chi connectivity index (χ0v) is 18.3. The highest BCUT2D eigenvalue weighted by Crippen LogP contribution is 2.22. The van der Waals surface area contributed by atoms with Crippen molar-refractivity contribution in [3.8, 4) is 0 Å². The van der Waals surface area contributed by atoms with Crippen LogP contribution in [-0.2, 0) is 16.2 Å². The third kappa shape index (κ3) is 5.00. The predicted molar refractivity (Wildman–Crippen MR) is 121 cm³/mol. The van der Waals surface area contributed by atoms with Crippen molar-refractivity contribution >= 4 is 44.8 Å². The van der Waals surface area contributed by atoms with Gasteiger partial charge in [-0.15, -0.1) is 0 Å². The molecule has 1 aromatic heterocycles. The van der Waals surface area contributed by atoms with Crippen LogP contribution in [0.15, 0.2) is 70.4 Å². The maximum atomic E-state index is 12.6. The van der Waals surface area contributed by atoms with E-state index in [-0.39, 0.29) is 11.8 Å². The van der Waals surface area contributed by atoms with Crippen molar-refractivity contribution in [1.29, 1.82) is 0 Å². The molecule has 0 radical (unpaired) electrons. The van der Waals surface area contributed by atoms with Gasteiger partial charge in [-0.2, -0.15) is 5.10 Å². The van der Waals surface area contributed by atoms with E-state index >= 15 is 0 Å². The Labute approximate surface area is 187 Å². The van der Waals surface area contributed by atoms with Gasteiger partial charge in [0.15, 0.2) is 5.69 Å². The number of carbonyl (C=O) groups is 2. The van der Waals surface area contributed by atoms with Gasteiger partial charge < -0.3 is 15.5 Å². The first kappa shape index (κ1) is 20.8. The fourth-order valence-corrected chi connectivity index (χ4v) is 3.51. The fourth-order valence-electron chi connectivity index (χ4n) is 3.11. The number of halogens is 1. The molecule has 8 nitrogen and oxygen atoms in total. The monoisotopic (exact) mass is 481 g/mol. The van der Waals surface area contributed by atoms with E-state index in [1.54, 1.807) is 41.2 Å². The van der Waals surface area contributed by atoms with Crippen molar-refractivity contribution in [3.63, 3.8) is 0 Å². The molecular formula is C22H20BrN5O3. The zero-order valence-electron chi connectivity index (χ0n) is 16.7. The molecule has 9 heteroatoms. The van der Waals surface area contributed by atoms with Gasteiger partial charge in [0.25, 0.3) is 11.8 Å². The number of amides is 2. The number of aromatic nitrogens is 2. The molecule has 1 aliphatic heterocycles. The van der Waals surface area contributed by atoms with Crippen molar-refractivity contribution in [2.24, 2.45) is 5.16 Å². The Morgan fingerprint density at radius 2 is 1.90 bits per heavy atom. The molecule has 31 heavy (non-hydrogen) atoms. The van der Waals surface area contributed by atoms with E-state index in [2.05, 4.69) is 36.8 Å². The van der Waals surface area contributed by atoms with Gasteiger partial charge in [0.05, 0.1) is 5.71 Å². The zero-order chi connectivity index (χ0) is 21.8. The van der Waals surface area contributed by atoms with Gasteiger partial charge in [-0.1, -0.05) is 39.3 Å². The summed E-state index contributed by atoms with van der Waals surface area (Å²) in [5.41, 5.74) is 3.04. The number of hydrogen-bond donors (Lipinski definition) is 2. The van der Waals surface area contributed by atoms with Gasteiger partial charge in [0, 0.05) is 40.6 Å². The molecule has 2 amide bonds. The van der Waals surface area contributed by atoms with Crippen molar-refractivity contribution in [3.05, 3.63) is 76.5 Å². The third-order valence-corrected chi connectivity index (χ3v) is 5.20. The van der Waals surface area contributed by atoms with Crippen LogP contribution in [0, 0.1) is 0 Å². The molecule has 0 fully saturated rings. The smallest absolute Gasteiger partial charge is 0.276 e. The Balaban J connectivity index is 1.36. The summed E-state index contributed by atoms with van der Waals surface area (Å²) >= 11 is 3.43. The Kier molecular flexibility index (Phi) is 6.13. The summed E-state index contributed by atoms with van der Waals surface area (Å²) in [7, 11) is 0. The van der Waals surface area contributed by atoms with Crippen LogP contribution in [0.2, 0.25) is 0 Å². The van der Waals surface area contributed by atoms with Crippen molar-refractivity contribution in [2.45, 2.75) is 26.0 Å². The Morgan fingerprint density at radius 1 is 1.13 bits per heavy atom. The van der Waals surface area contributed by atoms with Gasteiger partial charge in [-0.25, -0.2) is 0 Å². The first-order chi connectivity index (χ1) is 15.0. The van der Waals surface area contributed by atoms with Crippen LogP contribution in [0.5, 0.6) is 0 Å². The largest absolute Gasteiger partial charge is 0.382 e. The molecule has 1 aliphatic rings. The quantitative estimate of drug-likeness (QED) is 0.554. The Hall–Kier alpha value is -3.46. The van der Waals surface area contributed by atoms with Gasteiger partial charge in [-0.3, -0.25) is 14.3 Å². The first-order valence-corrected chi connectivity index (χ1v) is 10.6. The second kappa shape index (κ2) is 9.13. The summed E-state index contributed by atoms with van der Waals surface area (Å²) in [4.78, 5) is 30.3. The molecule has 0 saturated carbocycles. The summed E-state index contributed by atoms with van der Waals surface area (Å²) in [6, 6.07) is 16.2. The highest BCUT2D eigenvalue weighted by molar-refractivity contribution is 9.10. The molecule has 158 valence electrons. The number of oxime groups is 1. The van der Waals surface area contributed by atoms with Crippen molar-refractivity contribution in [2.75, 3.05) is 10.6 Å². The number of hydrogen-bond acceptors (Lipinski definition) is 5. The Bertz CT molecular complexity index is 1160. The number of aryl methyl sites for hydroxylation is 1. The van der Waals surface area contributed by atoms with Crippen LogP contribution in [0.4, 0.5) is 11.4 Å². The highest BCUT2D eigenvalue weighted by Gasteiger charge is 2.29. The molecule has 0 saturated heterocycles. The lowest BCUT2D eigenvalue weighted by Crippen LogP contribution is -2.28. The summed E-state index contributed by atoms with van der Waals surface area (Å²) < 4.78 is 2.61. The highest BCUT2D eigenvalue weighted by atomic mass is 79.9. The maximum absolute atomic E-state index is 12.6. The molecular weight excluding hydrogens is 462 g/mol. The summed E-state index contributed by atoms with van der Waals surface area (Å²) in [5.74, 6) is -0.624. The summed E-state index contributed by atoms with van der Waals surface area (Å²) in [5, 5.41) is 13.9. The number of rotatable bonds is 6. The number of anilines is 2. The Morgan fingerprint density at radius 3 is 2.65 bits per heavy atom. The average molecular weight is 482 g/mol. The first-order valence-electron chi connectivity index (χ1n) is 9.76. The summed E-state index contributed by atoms with van der Waals surface area (Å²) in [6.45, 7) is 2.63. The van der Waals surface area contributed by atoms with Crippen LogP contribution in [0.3, 0.4) is 0 Å². The van der Waals surface area contributed by atoms with Crippen molar-refractivity contribution in [1.82, 2.24) is 9.78 Å². The lowest BCUT2D eigenvalue weighted by Gasteiger charge is -2.11. The van der Waals surface area contributed by atoms with Crippen molar-refractivity contribution < 1.29 is 14.4 Å².